The van der Waals surface area contributed by atoms with Crippen LogP contribution in [0.3, 0.4) is 0 Å². The predicted octanol–water partition coefficient (Wildman–Crippen LogP) is 2.43. The number of hydrogen-bond acceptors (Lipinski definition) is 7. The van der Waals surface area contributed by atoms with E-state index in [1.54, 1.807) is 19.1 Å². The van der Waals surface area contributed by atoms with Gasteiger partial charge < -0.3 is 14.2 Å². The minimum absolute atomic E-state index is 0.218. The molecule has 2 heterocycles. The summed E-state index contributed by atoms with van der Waals surface area (Å²) in [5, 5.41) is 12.2. The van der Waals surface area contributed by atoms with Gasteiger partial charge in [0.1, 0.15) is 0 Å². The second-order valence-corrected chi connectivity index (χ2v) is 7.10. The first-order valence-corrected chi connectivity index (χ1v) is 7.79. The topological polar surface area (TPSA) is 110 Å². The molecule has 2 aromatic rings. The van der Waals surface area contributed by atoms with Crippen molar-refractivity contribution in [2.24, 2.45) is 0 Å². The first-order chi connectivity index (χ1) is 10.7. The molecule has 2 N–H and O–H groups in total. The number of nitrogens with one attached hydrogen (secondary N) is 2. The maximum absolute atomic E-state index is 12.0. The number of carbonyl (C=O) groups is 2. The molecule has 8 nitrogen and oxygen atoms in total. The molecule has 0 saturated heterocycles. The third kappa shape index (κ3) is 5.13. The van der Waals surface area contributed by atoms with E-state index in [4.69, 9.17) is 8.83 Å². The zero-order valence-electron chi connectivity index (χ0n) is 13.2. The Kier molecular flexibility index (Phi) is 5.09. The lowest BCUT2D eigenvalue weighted by Crippen LogP contribution is -2.49. The molecule has 0 fully saturated rings. The monoisotopic (exact) mass is 338 g/mol. The molecule has 0 bridgehead atoms. The van der Waals surface area contributed by atoms with E-state index in [0.29, 0.717) is 5.76 Å². The summed E-state index contributed by atoms with van der Waals surface area (Å²) in [5.41, 5.74) is -0.425. The van der Waals surface area contributed by atoms with Gasteiger partial charge in [-0.25, -0.2) is 4.79 Å². The second kappa shape index (κ2) is 6.86. The Hall–Kier alpha value is -2.29. The van der Waals surface area contributed by atoms with Crippen LogP contribution >= 0.6 is 11.8 Å². The van der Waals surface area contributed by atoms with E-state index in [1.165, 1.54) is 6.26 Å². The van der Waals surface area contributed by atoms with Gasteiger partial charge in [-0.1, -0.05) is 11.8 Å². The van der Waals surface area contributed by atoms with Gasteiger partial charge >= 0.3 is 6.03 Å². The maximum Gasteiger partial charge on any atom is 0.321 e. The molecule has 0 aliphatic rings. The zero-order chi connectivity index (χ0) is 17.0. The summed E-state index contributed by atoms with van der Waals surface area (Å²) < 4.78 is 10.5. The third-order valence-electron chi connectivity index (χ3n) is 2.51. The van der Waals surface area contributed by atoms with Gasteiger partial charge in [0, 0.05) is 5.54 Å². The van der Waals surface area contributed by atoms with E-state index in [0.717, 1.165) is 11.8 Å². The summed E-state index contributed by atoms with van der Waals surface area (Å²) in [7, 11) is 0. The number of hydrogen-bond donors (Lipinski definition) is 2. The molecule has 0 radical (unpaired) electrons. The SMILES string of the molecule is C[C@@H](Sc1nnc(-c2ccco2)o1)C(=O)NC(=O)NC(C)(C)C. The third-order valence-corrected chi connectivity index (χ3v) is 3.44. The highest BCUT2D eigenvalue weighted by Crippen LogP contribution is 2.26. The molecular weight excluding hydrogens is 320 g/mol. The quantitative estimate of drug-likeness (QED) is 0.824. The molecule has 1 atom stereocenters. The van der Waals surface area contributed by atoms with Crippen LogP contribution in [0.4, 0.5) is 4.79 Å². The van der Waals surface area contributed by atoms with Gasteiger partial charge in [0.2, 0.25) is 5.91 Å². The highest BCUT2D eigenvalue weighted by atomic mass is 32.2. The Bertz CT molecular complexity index is 675. The standard InChI is InChI=1S/C14H18N4O4S/c1-8(10(19)15-12(20)16-14(2,3)4)23-13-18-17-11(22-13)9-6-5-7-21-9/h5-8H,1-4H3,(H2,15,16,19,20)/t8-/m1/s1. The lowest BCUT2D eigenvalue weighted by Gasteiger charge is -2.20. The minimum atomic E-state index is -0.578. The van der Waals surface area contributed by atoms with Crippen molar-refractivity contribution in [2.75, 3.05) is 0 Å². The van der Waals surface area contributed by atoms with Crippen molar-refractivity contribution in [3.63, 3.8) is 0 Å². The van der Waals surface area contributed by atoms with E-state index >= 15 is 0 Å². The van der Waals surface area contributed by atoms with Crippen LogP contribution in [-0.4, -0.2) is 32.9 Å². The Labute approximate surface area is 137 Å². The minimum Gasteiger partial charge on any atom is -0.459 e. The number of rotatable bonds is 4. The van der Waals surface area contributed by atoms with Crippen molar-refractivity contribution >= 4 is 23.7 Å². The van der Waals surface area contributed by atoms with E-state index < -0.39 is 22.7 Å². The number of furan rings is 1. The number of nitrogens with zero attached hydrogens (tertiary/aromatic N) is 2. The molecule has 0 aliphatic carbocycles. The summed E-state index contributed by atoms with van der Waals surface area (Å²) in [5.74, 6) is 0.232. The fraction of sp³-hybridized carbons (Fsp3) is 0.429. The summed E-state index contributed by atoms with van der Waals surface area (Å²) in [6, 6.07) is 2.85. The van der Waals surface area contributed by atoms with E-state index in [2.05, 4.69) is 20.8 Å². The summed E-state index contributed by atoms with van der Waals surface area (Å²) in [4.78, 5) is 23.6. The number of aromatic nitrogens is 2. The largest absolute Gasteiger partial charge is 0.459 e. The smallest absolute Gasteiger partial charge is 0.321 e. The second-order valence-electron chi connectivity index (χ2n) is 5.80. The van der Waals surface area contributed by atoms with Crippen molar-refractivity contribution in [3.8, 4) is 11.7 Å². The highest BCUT2D eigenvalue weighted by molar-refractivity contribution is 8.00. The zero-order valence-corrected chi connectivity index (χ0v) is 14.1. The number of carbonyl (C=O) groups excluding carboxylic acids is 2. The molecule has 0 unspecified atom stereocenters. The van der Waals surface area contributed by atoms with Crippen LogP contribution in [0.5, 0.6) is 0 Å². The molecule has 0 saturated carbocycles. The fourth-order valence-electron chi connectivity index (χ4n) is 1.55. The fourth-order valence-corrected chi connectivity index (χ4v) is 2.23. The van der Waals surface area contributed by atoms with Crippen LogP contribution in [0, 0.1) is 0 Å². The van der Waals surface area contributed by atoms with E-state index in [1.807, 2.05) is 20.8 Å². The Morgan fingerprint density at radius 2 is 2.04 bits per heavy atom. The molecule has 9 heteroatoms. The Morgan fingerprint density at radius 1 is 1.30 bits per heavy atom. The normalized spacial score (nSPS) is 12.7. The van der Waals surface area contributed by atoms with Crippen molar-refractivity contribution < 1.29 is 18.4 Å². The number of thioether (sulfide) groups is 1. The first-order valence-electron chi connectivity index (χ1n) is 6.91. The van der Waals surface area contributed by atoms with Crippen LogP contribution in [0.15, 0.2) is 32.5 Å². The van der Waals surface area contributed by atoms with Crippen molar-refractivity contribution in [1.29, 1.82) is 0 Å². The average Bonchev–Trinajstić information content (AvgIpc) is 3.05. The lowest BCUT2D eigenvalue weighted by atomic mass is 10.1. The molecule has 2 rings (SSSR count). The van der Waals surface area contributed by atoms with Gasteiger partial charge in [-0.2, -0.15) is 0 Å². The first kappa shape index (κ1) is 17.1. The number of urea groups is 1. The van der Waals surface area contributed by atoms with Crippen molar-refractivity contribution in [1.82, 2.24) is 20.8 Å². The van der Waals surface area contributed by atoms with Gasteiger partial charge in [-0.3, -0.25) is 10.1 Å². The highest BCUT2D eigenvalue weighted by Gasteiger charge is 2.22. The molecule has 23 heavy (non-hydrogen) atoms. The van der Waals surface area contributed by atoms with Crippen molar-refractivity contribution in [3.05, 3.63) is 18.4 Å². The summed E-state index contributed by atoms with van der Waals surface area (Å²) in [6.07, 6.45) is 1.50. The number of amides is 3. The van der Waals surface area contributed by atoms with Gasteiger partial charge in [-0.05, 0) is 39.8 Å². The van der Waals surface area contributed by atoms with Crippen LogP contribution in [0.25, 0.3) is 11.7 Å². The van der Waals surface area contributed by atoms with Gasteiger partial charge in [-0.15, -0.1) is 10.2 Å². The summed E-state index contributed by atoms with van der Waals surface area (Å²) in [6.45, 7) is 7.11. The maximum atomic E-state index is 12.0. The van der Waals surface area contributed by atoms with E-state index in [-0.39, 0.29) is 11.1 Å². The summed E-state index contributed by atoms with van der Waals surface area (Å²) >= 11 is 1.06. The molecule has 124 valence electrons. The van der Waals surface area contributed by atoms with Crippen LogP contribution in [0.1, 0.15) is 27.7 Å². The van der Waals surface area contributed by atoms with Crippen LogP contribution < -0.4 is 10.6 Å². The van der Waals surface area contributed by atoms with Crippen LogP contribution in [-0.2, 0) is 4.79 Å². The Morgan fingerprint density at radius 3 is 2.65 bits per heavy atom. The molecule has 3 amide bonds. The molecule has 2 aromatic heterocycles. The van der Waals surface area contributed by atoms with Gasteiger partial charge in [0.15, 0.2) is 5.76 Å². The van der Waals surface area contributed by atoms with E-state index in [9.17, 15) is 9.59 Å². The predicted molar refractivity (Wildman–Crippen MR) is 83.7 cm³/mol. The molecule has 0 spiro atoms. The van der Waals surface area contributed by atoms with Crippen molar-refractivity contribution in [2.45, 2.75) is 43.7 Å². The van der Waals surface area contributed by atoms with Gasteiger partial charge in [0.05, 0.1) is 11.5 Å². The number of imide groups is 1. The Balaban J connectivity index is 1.90. The van der Waals surface area contributed by atoms with Crippen LogP contribution in [0.2, 0.25) is 0 Å². The average molecular weight is 338 g/mol. The van der Waals surface area contributed by atoms with Gasteiger partial charge in [0.25, 0.3) is 11.1 Å². The molecule has 0 aromatic carbocycles. The molecular formula is C14H18N4O4S. The molecule has 0 aliphatic heterocycles. The lowest BCUT2D eigenvalue weighted by molar-refractivity contribution is -0.119.